The van der Waals surface area contributed by atoms with Crippen molar-refractivity contribution in [3.05, 3.63) is 23.8 Å². The van der Waals surface area contributed by atoms with Crippen LogP contribution in [-0.4, -0.2) is 27.1 Å². The average Bonchev–Trinajstić information content (AvgIpc) is 2.77. The second-order valence-corrected chi connectivity index (χ2v) is 5.28. The molecule has 0 spiro atoms. The van der Waals surface area contributed by atoms with Gasteiger partial charge in [0.1, 0.15) is 11.9 Å². The summed E-state index contributed by atoms with van der Waals surface area (Å²) in [5, 5.41) is 12.5. The Morgan fingerprint density at radius 2 is 2.32 bits per heavy atom. The molecule has 1 saturated carbocycles. The zero-order valence-electron chi connectivity index (χ0n) is 11.5. The summed E-state index contributed by atoms with van der Waals surface area (Å²) in [5.74, 6) is 0.449. The highest BCUT2D eigenvalue weighted by atomic mass is 16.4. The minimum Gasteiger partial charge on any atom is -0.478 e. The quantitative estimate of drug-likeness (QED) is 0.850. The van der Waals surface area contributed by atoms with E-state index in [4.69, 9.17) is 5.11 Å². The van der Waals surface area contributed by atoms with Gasteiger partial charge in [-0.1, -0.05) is 20.3 Å². The Kier molecular flexibility index (Phi) is 4.47. The van der Waals surface area contributed by atoms with E-state index in [-0.39, 0.29) is 5.56 Å². The Morgan fingerprint density at radius 3 is 2.95 bits per heavy atom. The zero-order chi connectivity index (χ0) is 13.8. The van der Waals surface area contributed by atoms with Gasteiger partial charge in [-0.3, -0.25) is 0 Å². The van der Waals surface area contributed by atoms with Crippen molar-refractivity contribution in [1.29, 1.82) is 0 Å². The summed E-state index contributed by atoms with van der Waals surface area (Å²) in [6, 6.07) is 0.460. The lowest BCUT2D eigenvalue weighted by atomic mass is 9.93. The highest BCUT2D eigenvalue weighted by Gasteiger charge is 2.31. The number of hydrogen-bond acceptors (Lipinski definition) is 4. The van der Waals surface area contributed by atoms with Crippen molar-refractivity contribution in [2.24, 2.45) is 11.8 Å². The van der Waals surface area contributed by atoms with Gasteiger partial charge in [-0.2, -0.15) is 0 Å². The van der Waals surface area contributed by atoms with Crippen LogP contribution in [0.25, 0.3) is 0 Å². The highest BCUT2D eigenvalue weighted by molar-refractivity contribution is 5.88. The fourth-order valence-corrected chi connectivity index (χ4v) is 3.01. The van der Waals surface area contributed by atoms with Crippen molar-refractivity contribution in [3.63, 3.8) is 0 Å². The van der Waals surface area contributed by atoms with E-state index in [2.05, 4.69) is 29.1 Å². The summed E-state index contributed by atoms with van der Waals surface area (Å²) >= 11 is 0. The molecule has 5 heteroatoms. The smallest absolute Gasteiger partial charge is 0.339 e. The third-order valence-corrected chi connectivity index (χ3v) is 4.31. The van der Waals surface area contributed by atoms with Crippen LogP contribution in [0.5, 0.6) is 0 Å². The van der Waals surface area contributed by atoms with E-state index in [9.17, 15) is 4.79 Å². The van der Waals surface area contributed by atoms with Gasteiger partial charge in [-0.25, -0.2) is 14.8 Å². The first-order chi connectivity index (χ1) is 9.13. The minimum atomic E-state index is -0.969. The largest absolute Gasteiger partial charge is 0.478 e. The van der Waals surface area contributed by atoms with E-state index in [0.29, 0.717) is 24.2 Å². The molecule has 0 amide bonds. The number of carbonyl (C=O) groups is 1. The number of aromatic nitrogens is 2. The number of nitrogens with zero attached hydrogens (tertiary/aromatic N) is 2. The molecule has 2 rings (SSSR count). The molecule has 0 radical (unpaired) electrons. The molecule has 1 aliphatic carbocycles. The summed E-state index contributed by atoms with van der Waals surface area (Å²) in [4.78, 5) is 18.9. The molecule has 1 aliphatic rings. The van der Waals surface area contributed by atoms with Crippen molar-refractivity contribution in [1.82, 2.24) is 15.3 Å². The second kappa shape index (κ2) is 6.10. The van der Waals surface area contributed by atoms with Crippen LogP contribution >= 0.6 is 0 Å². The molecule has 1 heterocycles. The van der Waals surface area contributed by atoms with Gasteiger partial charge in [0.2, 0.25) is 0 Å². The molecule has 3 atom stereocenters. The van der Waals surface area contributed by atoms with Crippen LogP contribution in [0, 0.1) is 11.8 Å². The van der Waals surface area contributed by atoms with Crippen LogP contribution in [0.2, 0.25) is 0 Å². The van der Waals surface area contributed by atoms with E-state index < -0.39 is 5.97 Å². The van der Waals surface area contributed by atoms with Crippen molar-refractivity contribution >= 4 is 5.97 Å². The van der Waals surface area contributed by atoms with Gasteiger partial charge in [0.25, 0.3) is 0 Å². The molecule has 2 N–H and O–H groups in total. The first-order valence-electron chi connectivity index (χ1n) is 6.89. The lowest BCUT2D eigenvalue weighted by Crippen LogP contribution is -2.33. The standard InChI is InChI=1S/C14H21N3O2/c1-3-10-4-5-12(9(10)2)16-7-13-11(14(18)19)6-15-8-17-13/h6,8-10,12,16H,3-5,7H2,1-2H3,(H,18,19). The Balaban J connectivity index is 1.98. The first kappa shape index (κ1) is 13.9. The highest BCUT2D eigenvalue weighted by Crippen LogP contribution is 2.33. The van der Waals surface area contributed by atoms with Crippen molar-refractivity contribution in [2.75, 3.05) is 0 Å². The van der Waals surface area contributed by atoms with E-state index in [1.54, 1.807) is 0 Å². The average molecular weight is 263 g/mol. The molecule has 5 nitrogen and oxygen atoms in total. The number of hydrogen-bond donors (Lipinski definition) is 2. The molecule has 104 valence electrons. The minimum absolute atomic E-state index is 0.188. The fourth-order valence-electron chi connectivity index (χ4n) is 3.01. The van der Waals surface area contributed by atoms with Crippen LogP contribution in [-0.2, 0) is 6.54 Å². The summed E-state index contributed by atoms with van der Waals surface area (Å²) < 4.78 is 0. The maximum Gasteiger partial charge on any atom is 0.339 e. The van der Waals surface area contributed by atoms with Gasteiger partial charge in [-0.05, 0) is 24.7 Å². The number of rotatable bonds is 5. The zero-order valence-corrected chi connectivity index (χ0v) is 11.5. The SMILES string of the molecule is CCC1CCC(NCc2ncncc2C(=O)O)C1C. The Morgan fingerprint density at radius 1 is 1.53 bits per heavy atom. The number of carboxylic acids is 1. The summed E-state index contributed by atoms with van der Waals surface area (Å²) in [5.41, 5.74) is 0.752. The van der Waals surface area contributed by atoms with Crippen LogP contribution in [0.3, 0.4) is 0 Å². The lowest BCUT2D eigenvalue weighted by Gasteiger charge is -2.21. The Hall–Kier alpha value is -1.49. The predicted molar refractivity (Wildman–Crippen MR) is 71.8 cm³/mol. The number of nitrogens with one attached hydrogen (secondary N) is 1. The van der Waals surface area contributed by atoms with Crippen molar-refractivity contribution < 1.29 is 9.90 Å². The number of aromatic carboxylic acids is 1. The molecular formula is C14H21N3O2. The summed E-state index contributed by atoms with van der Waals surface area (Å²) in [6.45, 7) is 5.00. The van der Waals surface area contributed by atoms with Crippen molar-refractivity contribution in [3.8, 4) is 0 Å². The Bertz CT molecular complexity index is 450. The van der Waals surface area contributed by atoms with E-state index in [1.165, 1.54) is 25.4 Å². The molecule has 19 heavy (non-hydrogen) atoms. The third-order valence-electron chi connectivity index (χ3n) is 4.31. The first-order valence-corrected chi connectivity index (χ1v) is 6.89. The predicted octanol–water partition coefficient (Wildman–Crippen LogP) is 2.09. The molecule has 0 aromatic carbocycles. The monoisotopic (exact) mass is 263 g/mol. The van der Waals surface area contributed by atoms with Gasteiger partial charge < -0.3 is 10.4 Å². The maximum atomic E-state index is 11.1. The normalized spacial score (nSPS) is 26.5. The second-order valence-electron chi connectivity index (χ2n) is 5.28. The van der Waals surface area contributed by atoms with Crippen LogP contribution in [0.1, 0.15) is 49.2 Å². The molecule has 0 bridgehead atoms. The Labute approximate surface area is 113 Å². The summed E-state index contributed by atoms with van der Waals surface area (Å²) in [7, 11) is 0. The third kappa shape index (κ3) is 3.10. The molecule has 0 aliphatic heterocycles. The van der Waals surface area contributed by atoms with Gasteiger partial charge >= 0.3 is 5.97 Å². The van der Waals surface area contributed by atoms with E-state index in [0.717, 1.165) is 12.3 Å². The van der Waals surface area contributed by atoms with Crippen LogP contribution in [0.4, 0.5) is 0 Å². The lowest BCUT2D eigenvalue weighted by molar-refractivity contribution is 0.0694. The van der Waals surface area contributed by atoms with E-state index in [1.807, 2.05) is 0 Å². The van der Waals surface area contributed by atoms with Gasteiger partial charge in [0.15, 0.2) is 0 Å². The van der Waals surface area contributed by atoms with Crippen molar-refractivity contribution in [2.45, 2.75) is 45.7 Å². The topological polar surface area (TPSA) is 75.1 Å². The van der Waals surface area contributed by atoms with E-state index >= 15 is 0 Å². The molecule has 3 unspecified atom stereocenters. The molecule has 1 aromatic heterocycles. The maximum absolute atomic E-state index is 11.1. The number of carboxylic acid groups (broad SMARTS) is 1. The summed E-state index contributed by atoms with van der Waals surface area (Å²) in [6.07, 6.45) is 6.39. The molecule has 0 saturated heterocycles. The van der Waals surface area contributed by atoms with Gasteiger partial charge in [0, 0.05) is 18.8 Å². The van der Waals surface area contributed by atoms with Gasteiger partial charge in [-0.15, -0.1) is 0 Å². The van der Waals surface area contributed by atoms with Crippen LogP contribution < -0.4 is 5.32 Å². The van der Waals surface area contributed by atoms with Gasteiger partial charge in [0.05, 0.1) is 5.69 Å². The fraction of sp³-hybridized carbons (Fsp3) is 0.643. The molecule has 1 fully saturated rings. The van der Waals surface area contributed by atoms with Crippen LogP contribution in [0.15, 0.2) is 12.5 Å². The molecular weight excluding hydrogens is 242 g/mol. The molecule has 1 aromatic rings.